The van der Waals surface area contributed by atoms with Crippen molar-refractivity contribution in [1.29, 1.82) is 0 Å². The van der Waals surface area contributed by atoms with Crippen LogP contribution in [0.15, 0.2) is 18.2 Å². The molecule has 1 rings (SSSR count). The minimum Gasteiger partial charge on any atom is -0.491 e. The number of nitrogens with two attached hydrogens (primary N) is 1. The molecule has 1 aromatic carbocycles. The number of likely N-dealkylation sites (N-methyl/N-ethyl adjacent to an activating group) is 1. The summed E-state index contributed by atoms with van der Waals surface area (Å²) in [6.07, 6.45) is 0. The maximum Gasteiger partial charge on any atom is 0.138 e. The fraction of sp³-hybridized carbons (Fsp3) is 0.500. The molecule has 0 aliphatic heterocycles. The lowest BCUT2D eigenvalue weighted by atomic mass is 10.2. The van der Waals surface area contributed by atoms with Crippen molar-refractivity contribution in [3.63, 3.8) is 0 Å². The predicted molar refractivity (Wildman–Crippen MR) is 68.2 cm³/mol. The molecule has 3 nitrogen and oxygen atoms in total. The molecule has 0 aliphatic rings. The van der Waals surface area contributed by atoms with E-state index >= 15 is 0 Å². The number of hydrogen-bond donors (Lipinski definition) is 1. The second-order valence-electron chi connectivity index (χ2n) is 3.87. The van der Waals surface area contributed by atoms with Crippen molar-refractivity contribution in [3.8, 4) is 5.75 Å². The lowest BCUT2D eigenvalue weighted by Gasteiger charge is -2.16. The normalized spacial score (nSPS) is 10.8. The summed E-state index contributed by atoms with van der Waals surface area (Å²) < 4.78 is 5.62. The first-order valence-electron chi connectivity index (χ1n) is 5.41. The Bertz CT molecular complexity index is 331. The molecule has 0 heterocycles. The Labute approximate surface area is 102 Å². The molecule has 0 aliphatic carbocycles. The second-order valence-corrected chi connectivity index (χ2v) is 4.28. The molecule has 0 aromatic heterocycles. The summed E-state index contributed by atoms with van der Waals surface area (Å²) in [4.78, 5) is 2.13. The second kappa shape index (κ2) is 6.74. The van der Waals surface area contributed by atoms with Crippen LogP contribution < -0.4 is 10.5 Å². The van der Waals surface area contributed by atoms with Gasteiger partial charge in [-0.05, 0) is 31.7 Å². The fourth-order valence-corrected chi connectivity index (χ4v) is 1.54. The summed E-state index contributed by atoms with van der Waals surface area (Å²) in [6.45, 7) is 5.04. The number of hydrogen-bond acceptors (Lipinski definition) is 3. The number of benzene rings is 1. The van der Waals surface area contributed by atoms with Gasteiger partial charge in [0.1, 0.15) is 12.4 Å². The van der Waals surface area contributed by atoms with E-state index in [9.17, 15) is 0 Å². The number of rotatable bonds is 6. The molecule has 16 heavy (non-hydrogen) atoms. The summed E-state index contributed by atoms with van der Waals surface area (Å²) in [6, 6.07) is 5.77. The molecule has 2 N–H and O–H groups in total. The lowest BCUT2D eigenvalue weighted by Crippen LogP contribution is -2.29. The molecule has 0 saturated heterocycles. The molecular weight excluding hydrogens is 224 g/mol. The third-order valence-electron chi connectivity index (χ3n) is 2.33. The van der Waals surface area contributed by atoms with Crippen LogP contribution in [-0.4, -0.2) is 38.2 Å². The van der Waals surface area contributed by atoms with Gasteiger partial charge in [-0.2, -0.15) is 0 Å². The number of nitrogens with zero attached hydrogens (tertiary/aromatic N) is 1. The van der Waals surface area contributed by atoms with E-state index in [0.717, 1.165) is 24.4 Å². The first kappa shape index (κ1) is 13.3. The van der Waals surface area contributed by atoms with E-state index < -0.39 is 0 Å². The van der Waals surface area contributed by atoms with E-state index in [-0.39, 0.29) is 0 Å². The monoisotopic (exact) mass is 242 g/mol. The molecule has 90 valence electrons. The van der Waals surface area contributed by atoms with Gasteiger partial charge in [-0.1, -0.05) is 17.7 Å². The van der Waals surface area contributed by atoms with Gasteiger partial charge in [-0.3, -0.25) is 0 Å². The van der Waals surface area contributed by atoms with Crippen LogP contribution in [0.3, 0.4) is 0 Å². The van der Waals surface area contributed by atoms with E-state index in [0.29, 0.717) is 18.2 Å². The average Bonchev–Trinajstić information content (AvgIpc) is 2.23. The average molecular weight is 243 g/mol. The van der Waals surface area contributed by atoms with E-state index in [1.54, 1.807) is 0 Å². The van der Waals surface area contributed by atoms with Gasteiger partial charge in [0.2, 0.25) is 0 Å². The Kier molecular flexibility index (Phi) is 5.60. The zero-order valence-electron chi connectivity index (χ0n) is 9.87. The SMILES string of the molecule is Cc1ccc(Cl)c(OCCN(C)CCN)c1. The Morgan fingerprint density at radius 3 is 2.81 bits per heavy atom. The molecule has 0 saturated carbocycles. The minimum atomic E-state index is 0.625. The maximum absolute atomic E-state index is 6.01. The molecule has 0 radical (unpaired) electrons. The highest BCUT2D eigenvalue weighted by Gasteiger charge is 2.02. The predicted octanol–water partition coefficient (Wildman–Crippen LogP) is 1.92. The summed E-state index contributed by atoms with van der Waals surface area (Å²) >= 11 is 6.01. The Morgan fingerprint density at radius 1 is 1.38 bits per heavy atom. The van der Waals surface area contributed by atoms with Crippen molar-refractivity contribution in [1.82, 2.24) is 4.90 Å². The molecule has 0 atom stereocenters. The third-order valence-corrected chi connectivity index (χ3v) is 2.64. The molecule has 0 bridgehead atoms. The van der Waals surface area contributed by atoms with Gasteiger partial charge >= 0.3 is 0 Å². The van der Waals surface area contributed by atoms with Crippen molar-refractivity contribution in [2.75, 3.05) is 33.3 Å². The van der Waals surface area contributed by atoms with Crippen LogP contribution in [0.4, 0.5) is 0 Å². The summed E-state index contributed by atoms with van der Waals surface area (Å²) in [7, 11) is 2.02. The largest absolute Gasteiger partial charge is 0.491 e. The Morgan fingerprint density at radius 2 is 2.12 bits per heavy atom. The highest BCUT2D eigenvalue weighted by atomic mass is 35.5. The van der Waals surface area contributed by atoms with Gasteiger partial charge < -0.3 is 15.4 Å². The molecule has 4 heteroatoms. The Balaban J connectivity index is 2.39. The standard InChI is InChI=1S/C12H19ClN2O/c1-10-3-4-11(13)12(9-10)16-8-7-15(2)6-5-14/h3-4,9H,5-8,14H2,1-2H3. The van der Waals surface area contributed by atoms with Crippen molar-refractivity contribution < 1.29 is 4.74 Å². The minimum absolute atomic E-state index is 0.625. The van der Waals surface area contributed by atoms with Crippen molar-refractivity contribution in [2.24, 2.45) is 5.73 Å². The number of aryl methyl sites for hydroxylation is 1. The highest BCUT2D eigenvalue weighted by molar-refractivity contribution is 6.32. The number of halogens is 1. The molecule has 0 amide bonds. The first-order valence-corrected chi connectivity index (χ1v) is 5.79. The number of ether oxygens (including phenoxy) is 1. The zero-order chi connectivity index (χ0) is 12.0. The van der Waals surface area contributed by atoms with Crippen molar-refractivity contribution in [3.05, 3.63) is 28.8 Å². The molecular formula is C12H19ClN2O. The van der Waals surface area contributed by atoms with Gasteiger partial charge in [0.15, 0.2) is 0 Å². The topological polar surface area (TPSA) is 38.5 Å². The van der Waals surface area contributed by atoms with E-state index in [2.05, 4.69) is 4.90 Å². The maximum atomic E-state index is 6.01. The summed E-state index contributed by atoms with van der Waals surface area (Å²) in [5.74, 6) is 0.753. The highest BCUT2D eigenvalue weighted by Crippen LogP contribution is 2.24. The van der Waals surface area contributed by atoms with Gasteiger partial charge in [0.25, 0.3) is 0 Å². The molecule has 0 fully saturated rings. The van der Waals surface area contributed by atoms with Crippen molar-refractivity contribution in [2.45, 2.75) is 6.92 Å². The molecule has 1 aromatic rings. The van der Waals surface area contributed by atoms with Crippen LogP contribution in [0.25, 0.3) is 0 Å². The molecule has 0 spiro atoms. The quantitative estimate of drug-likeness (QED) is 0.829. The lowest BCUT2D eigenvalue weighted by molar-refractivity contribution is 0.241. The van der Waals surface area contributed by atoms with Gasteiger partial charge in [-0.15, -0.1) is 0 Å². The van der Waals surface area contributed by atoms with Gasteiger partial charge in [0, 0.05) is 19.6 Å². The summed E-state index contributed by atoms with van der Waals surface area (Å²) in [5.41, 5.74) is 6.60. The van der Waals surface area contributed by atoms with E-state index in [4.69, 9.17) is 22.1 Å². The van der Waals surface area contributed by atoms with Crippen LogP contribution in [0.5, 0.6) is 5.75 Å². The van der Waals surface area contributed by atoms with E-state index in [1.807, 2.05) is 32.2 Å². The van der Waals surface area contributed by atoms with Crippen LogP contribution in [0, 0.1) is 6.92 Å². The van der Waals surface area contributed by atoms with Gasteiger partial charge in [-0.25, -0.2) is 0 Å². The summed E-state index contributed by atoms with van der Waals surface area (Å²) in [5, 5.41) is 0.659. The van der Waals surface area contributed by atoms with Crippen molar-refractivity contribution >= 4 is 11.6 Å². The zero-order valence-corrected chi connectivity index (χ0v) is 10.6. The van der Waals surface area contributed by atoms with Crippen LogP contribution in [0.2, 0.25) is 5.02 Å². The van der Waals surface area contributed by atoms with Gasteiger partial charge in [0.05, 0.1) is 5.02 Å². The fourth-order valence-electron chi connectivity index (χ4n) is 1.36. The Hall–Kier alpha value is -0.770. The third kappa shape index (κ3) is 4.39. The van der Waals surface area contributed by atoms with Crippen LogP contribution in [0.1, 0.15) is 5.56 Å². The van der Waals surface area contributed by atoms with Crippen LogP contribution >= 0.6 is 11.6 Å². The first-order chi connectivity index (χ1) is 7.63. The smallest absolute Gasteiger partial charge is 0.138 e. The molecule has 0 unspecified atom stereocenters. The van der Waals surface area contributed by atoms with E-state index in [1.165, 1.54) is 0 Å². The van der Waals surface area contributed by atoms with Crippen LogP contribution in [-0.2, 0) is 0 Å².